The topological polar surface area (TPSA) is 80.8 Å². The van der Waals surface area contributed by atoms with E-state index in [1.54, 1.807) is 0 Å². The van der Waals surface area contributed by atoms with E-state index in [9.17, 15) is 23.6 Å². The highest BCUT2D eigenvalue weighted by atomic mass is 35.5. The number of amides is 2. The molecule has 6 nitrogen and oxygen atoms in total. The Morgan fingerprint density at radius 2 is 1.69 bits per heavy atom. The number of carbonyl (C=O) groups excluding carboxylic acids is 4. The molecule has 0 N–H and O–H groups in total. The minimum Gasteiger partial charge on any atom is -0.453 e. The summed E-state index contributed by atoms with van der Waals surface area (Å²) in [6.45, 7) is -0.532. The fourth-order valence-corrected chi connectivity index (χ4v) is 6.43. The minimum absolute atomic E-state index is 0.0551. The van der Waals surface area contributed by atoms with E-state index >= 15 is 0 Å². The molecule has 3 aliphatic rings. The first kappa shape index (κ1) is 23.7. The van der Waals surface area contributed by atoms with Crippen molar-refractivity contribution in [3.8, 4) is 0 Å². The van der Waals surface area contributed by atoms with E-state index in [2.05, 4.69) is 12.1 Å². The number of hydrogen-bond donors (Lipinski definition) is 0. The van der Waals surface area contributed by atoms with E-state index in [0.717, 1.165) is 29.9 Å². The Bertz CT molecular complexity index is 1150. The van der Waals surface area contributed by atoms with Crippen molar-refractivity contribution in [3.05, 3.63) is 71.5 Å². The van der Waals surface area contributed by atoms with E-state index in [1.165, 1.54) is 17.7 Å². The van der Waals surface area contributed by atoms with Gasteiger partial charge in [0.2, 0.25) is 17.6 Å². The van der Waals surface area contributed by atoms with Crippen LogP contribution in [0, 0.1) is 29.5 Å². The van der Waals surface area contributed by atoms with E-state index in [4.69, 9.17) is 16.3 Å². The molecular weight excluding hydrogens is 473 g/mol. The summed E-state index contributed by atoms with van der Waals surface area (Å²) in [5.41, 5.74) is 1.36. The highest BCUT2D eigenvalue weighted by molar-refractivity contribution is 6.18. The van der Waals surface area contributed by atoms with Crippen molar-refractivity contribution in [3.63, 3.8) is 0 Å². The lowest BCUT2D eigenvalue weighted by molar-refractivity contribution is -0.155. The monoisotopic (exact) mass is 497 g/mol. The van der Waals surface area contributed by atoms with Crippen LogP contribution in [0.5, 0.6) is 0 Å². The Kier molecular flexibility index (Phi) is 6.45. The SMILES string of the molecule is O=C(CN1C(=O)[C@@H]2[C@@H]3C[C@@H]([C@@H]2C1=O)[C@@H](c1ccccc1)C3)O[C@H](CCCl)C(=O)c1ccc(F)cc1. The van der Waals surface area contributed by atoms with E-state index in [1.807, 2.05) is 18.2 Å². The standard InChI is InChI=1S/C27H25ClFNO5/c28-11-10-21(25(32)16-6-8-18(29)9-7-16)35-22(31)14-30-26(33)23-17-12-19(15-4-2-1-3-5-15)20(13-17)24(23)27(30)34/h1-9,17,19-21,23-24H,10-14H2/t17-,19+,20+,21+,23+,24-/m0/s1. The predicted molar refractivity (Wildman–Crippen MR) is 125 cm³/mol. The number of halogens is 2. The summed E-state index contributed by atoms with van der Waals surface area (Å²) in [4.78, 5) is 52.9. The molecule has 182 valence electrons. The summed E-state index contributed by atoms with van der Waals surface area (Å²) in [6.07, 6.45) is 0.571. The smallest absolute Gasteiger partial charge is 0.326 e. The zero-order valence-electron chi connectivity index (χ0n) is 18.9. The molecule has 8 heteroatoms. The highest BCUT2D eigenvalue weighted by Crippen LogP contribution is 2.61. The summed E-state index contributed by atoms with van der Waals surface area (Å²) < 4.78 is 18.6. The number of nitrogens with zero attached hydrogens (tertiary/aromatic N) is 1. The van der Waals surface area contributed by atoms with Crippen LogP contribution in [0.1, 0.15) is 41.1 Å². The highest BCUT2D eigenvalue weighted by Gasteiger charge is 2.64. The summed E-state index contributed by atoms with van der Waals surface area (Å²) in [5.74, 6) is -2.83. The number of hydrogen-bond acceptors (Lipinski definition) is 5. The van der Waals surface area contributed by atoms with Crippen LogP contribution < -0.4 is 0 Å². The lowest BCUT2D eigenvalue weighted by atomic mass is 9.73. The van der Waals surface area contributed by atoms with Gasteiger partial charge < -0.3 is 4.74 Å². The Hall–Kier alpha value is -3.06. The molecule has 1 saturated heterocycles. The Morgan fingerprint density at radius 1 is 1.00 bits per heavy atom. The van der Waals surface area contributed by atoms with Crippen LogP contribution in [-0.4, -0.2) is 47.0 Å². The van der Waals surface area contributed by atoms with Crippen LogP contribution in [-0.2, 0) is 19.1 Å². The van der Waals surface area contributed by atoms with Crippen molar-refractivity contribution in [2.45, 2.75) is 31.3 Å². The molecule has 2 amide bonds. The molecule has 2 saturated carbocycles. The molecule has 6 atom stereocenters. The van der Waals surface area contributed by atoms with Gasteiger partial charge in [0.1, 0.15) is 12.4 Å². The second-order valence-electron chi connectivity index (χ2n) is 9.55. The molecule has 3 fully saturated rings. The minimum atomic E-state index is -1.18. The number of imide groups is 1. The molecule has 0 spiro atoms. The molecule has 2 aromatic rings. The first-order valence-electron chi connectivity index (χ1n) is 11.8. The maximum atomic E-state index is 13.3. The van der Waals surface area contributed by atoms with Crippen LogP contribution in [0.3, 0.4) is 0 Å². The molecule has 1 aliphatic heterocycles. The van der Waals surface area contributed by atoms with Gasteiger partial charge in [0, 0.05) is 17.9 Å². The fraction of sp³-hybridized carbons (Fsp3) is 0.407. The van der Waals surface area contributed by atoms with Gasteiger partial charge in [-0.3, -0.25) is 24.1 Å². The van der Waals surface area contributed by atoms with Crippen molar-refractivity contribution >= 4 is 35.2 Å². The molecule has 0 radical (unpaired) electrons. The van der Waals surface area contributed by atoms with Crippen molar-refractivity contribution in [1.82, 2.24) is 4.90 Å². The number of ether oxygens (including phenoxy) is 1. The van der Waals surface area contributed by atoms with E-state index in [0.29, 0.717) is 0 Å². The van der Waals surface area contributed by atoms with Crippen LogP contribution in [0.2, 0.25) is 0 Å². The van der Waals surface area contributed by atoms with E-state index in [-0.39, 0.29) is 53.4 Å². The molecule has 1 heterocycles. The first-order valence-corrected chi connectivity index (χ1v) is 12.4. The maximum Gasteiger partial charge on any atom is 0.326 e. The average Bonchev–Trinajstić information content (AvgIpc) is 3.52. The van der Waals surface area contributed by atoms with Crippen molar-refractivity contribution in [2.24, 2.45) is 23.7 Å². The van der Waals surface area contributed by atoms with Gasteiger partial charge in [-0.1, -0.05) is 30.3 Å². The molecule has 2 aliphatic carbocycles. The van der Waals surface area contributed by atoms with E-state index < -0.39 is 36.1 Å². The largest absolute Gasteiger partial charge is 0.453 e. The van der Waals surface area contributed by atoms with Crippen molar-refractivity contribution < 1.29 is 28.3 Å². The molecule has 0 unspecified atom stereocenters. The summed E-state index contributed by atoms with van der Waals surface area (Å²) in [7, 11) is 0. The number of benzene rings is 2. The molecule has 0 aromatic heterocycles. The molecule has 35 heavy (non-hydrogen) atoms. The lowest BCUT2D eigenvalue weighted by Gasteiger charge is -2.28. The van der Waals surface area contributed by atoms with Gasteiger partial charge in [-0.05, 0) is 60.4 Å². The van der Waals surface area contributed by atoms with Crippen LogP contribution in [0.25, 0.3) is 0 Å². The van der Waals surface area contributed by atoms with Gasteiger partial charge in [0.15, 0.2) is 6.10 Å². The van der Waals surface area contributed by atoms with Crippen LogP contribution in [0.15, 0.2) is 54.6 Å². The second-order valence-corrected chi connectivity index (χ2v) is 9.93. The second kappa shape index (κ2) is 9.53. The van der Waals surface area contributed by atoms with Crippen LogP contribution in [0.4, 0.5) is 4.39 Å². The maximum absolute atomic E-state index is 13.3. The van der Waals surface area contributed by atoms with Gasteiger partial charge >= 0.3 is 5.97 Å². The number of likely N-dealkylation sites (tertiary alicyclic amines) is 1. The summed E-state index contributed by atoms with van der Waals surface area (Å²) >= 11 is 5.80. The number of esters is 1. The number of Topliss-reactive ketones (excluding diaryl/α,β-unsaturated/α-hetero) is 1. The molecule has 2 aromatic carbocycles. The van der Waals surface area contributed by atoms with Gasteiger partial charge in [0.25, 0.3) is 0 Å². The molecular formula is C27H25ClFNO5. The Balaban J connectivity index is 1.27. The first-order chi connectivity index (χ1) is 16.9. The van der Waals surface area contributed by atoms with Crippen LogP contribution >= 0.6 is 11.6 Å². The lowest BCUT2D eigenvalue weighted by Crippen LogP contribution is -2.40. The Morgan fingerprint density at radius 3 is 2.37 bits per heavy atom. The molecule has 5 rings (SSSR count). The van der Waals surface area contributed by atoms with Gasteiger partial charge in [0.05, 0.1) is 11.8 Å². The third-order valence-corrected chi connectivity index (χ3v) is 7.91. The number of fused-ring (bicyclic) bond motifs is 5. The number of rotatable bonds is 8. The van der Waals surface area contributed by atoms with Crippen molar-refractivity contribution in [1.29, 1.82) is 0 Å². The number of ketones is 1. The fourth-order valence-electron chi connectivity index (χ4n) is 6.23. The Labute approximate surface area is 207 Å². The van der Waals surface area contributed by atoms with Crippen molar-refractivity contribution in [2.75, 3.05) is 12.4 Å². The third kappa shape index (κ3) is 4.27. The number of alkyl halides is 1. The summed E-state index contributed by atoms with van der Waals surface area (Å²) in [5, 5.41) is 0. The predicted octanol–water partition coefficient (Wildman–Crippen LogP) is 3.97. The third-order valence-electron chi connectivity index (χ3n) is 7.69. The number of carbonyl (C=O) groups is 4. The van der Waals surface area contributed by atoms with Gasteiger partial charge in [-0.25, -0.2) is 4.39 Å². The quantitative estimate of drug-likeness (QED) is 0.238. The van der Waals surface area contributed by atoms with Gasteiger partial charge in [-0.15, -0.1) is 11.6 Å². The summed E-state index contributed by atoms with van der Waals surface area (Å²) in [6, 6.07) is 14.9. The molecule has 2 bridgehead atoms. The zero-order valence-corrected chi connectivity index (χ0v) is 19.7. The van der Waals surface area contributed by atoms with Gasteiger partial charge in [-0.2, -0.15) is 0 Å². The normalized spacial score (nSPS) is 27.7. The average molecular weight is 498 g/mol. The zero-order chi connectivity index (χ0) is 24.7.